The smallest absolute Gasteiger partial charge is 0.337 e. The fraction of sp³-hybridized carbons (Fsp3) is 0.154. The minimum Gasteiger partial charge on any atom is -0.465 e. The summed E-state index contributed by atoms with van der Waals surface area (Å²) in [6, 6.07) is 15.5. The third-order valence-electron chi connectivity index (χ3n) is 5.36. The van der Waals surface area contributed by atoms with Gasteiger partial charge in [-0.2, -0.15) is 0 Å². The van der Waals surface area contributed by atoms with Gasteiger partial charge in [0.1, 0.15) is 5.56 Å². The van der Waals surface area contributed by atoms with E-state index in [1.165, 1.54) is 7.11 Å². The van der Waals surface area contributed by atoms with Crippen LogP contribution in [0.3, 0.4) is 0 Å². The Hall–Kier alpha value is -4.30. The van der Waals surface area contributed by atoms with Crippen LogP contribution in [0.5, 0.6) is 0 Å². The Kier molecular flexibility index (Phi) is 6.51. The zero-order valence-corrected chi connectivity index (χ0v) is 19.0. The van der Waals surface area contributed by atoms with E-state index >= 15 is 0 Å². The van der Waals surface area contributed by atoms with Crippen molar-refractivity contribution in [3.05, 3.63) is 94.3 Å². The van der Waals surface area contributed by atoms with E-state index in [0.29, 0.717) is 33.5 Å². The van der Waals surface area contributed by atoms with Crippen molar-refractivity contribution < 1.29 is 28.8 Å². The average molecular weight is 458 g/mol. The highest BCUT2D eigenvalue weighted by Crippen LogP contribution is 2.21. The molecule has 2 heterocycles. The molecule has 3 N–H and O–H groups in total. The Balaban J connectivity index is 1.87. The van der Waals surface area contributed by atoms with Crippen LogP contribution in [0, 0.1) is 13.8 Å². The molecule has 0 saturated heterocycles. The molecule has 0 bridgehead atoms. The number of aliphatic hydroxyl groups is 1. The van der Waals surface area contributed by atoms with Gasteiger partial charge in [0.15, 0.2) is 6.20 Å². The summed E-state index contributed by atoms with van der Waals surface area (Å²) in [6.45, 7) is 3.56. The number of aliphatic hydroxyl groups excluding tert-OH is 1. The number of rotatable bonds is 5. The number of hydrogen-bond acceptors (Lipinski definition) is 6. The molecule has 8 nitrogen and oxygen atoms in total. The molecule has 0 radical (unpaired) electrons. The van der Waals surface area contributed by atoms with Crippen molar-refractivity contribution in [1.29, 1.82) is 0 Å². The maximum absolute atomic E-state index is 13.3. The molecule has 0 aliphatic heterocycles. The molecule has 8 heteroatoms. The molecule has 34 heavy (non-hydrogen) atoms. The summed E-state index contributed by atoms with van der Waals surface area (Å²) in [5.74, 6) is -0.864. The molecule has 4 aromatic rings. The first-order valence-electron chi connectivity index (χ1n) is 10.6. The number of nitrogens with zero attached hydrogens (tertiary/aromatic N) is 1. The minimum atomic E-state index is -0.456. The topological polar surface area (TPSA) is 115 Å². The molecule has 1 amide bonds. The predicted octanol–water partition coefficient (Wildman–Crippen LogP) is 3.63. The summed E-state index contributed by atoms with van der Waals surface area (Å²) in [6.07, 6.45) is 1.68. The van der Waals surface area contributed by atoms with Crippen molar-refractivity contribution in [3.8, 4) is 0 Å². The molecule has 4 rings (SSSR count). The Morgan fingerprint density at radius 2 is 1.79 bits per heavy atom. The number of aryl methyl sites for hydroxylation is 2. The molecule has 0 fully saturated rings. The number of benzene rings is 2. The molecule has 2 aromatic carbocycles. The molecule has 0 aliphatic rings. The van der Waals surface area contributed by atoms with E-state index in [1.807, 2.05) is 38.1 Å². The standard InChI is InChI=1S/C26H23N3O5/c1-15-4-8-19(9-5-15)28-24(31)22-12-21-18(14-30)13-27-16(2)23(21)34-25(22)29-20-10-6-17(7-11-20)26(32)33-3/h4-13,30H,14H2,1-3H3,(H,28,31)/p+1. The maximum Gasteiger partial charge on any atom is 0.337 e. The van der Waals surface area contributed by atoms with Gasteiger partial charge in [-0.05, 0) is 49.4 Å². The van der Waals surface area contributed by atoms with Crippen LogP contribution in [0.2, 0.25) is 0 Å². The van der Waals surface area contributed by atoms with Gasteiger partial charge >= 0.3 is 5.97 Å². The predicted molar refractivity (Wildman–Crippen MR) is 126 cm³/mol. The number of hydrogen-bond donors (Lipinski definition) is 2. The molecular formula is C26H24N3O5+. The number of esters is 1. The van der Waals surface area contributed by atoms with E-state index in [2.05, 4.69) is 15.3 Å². The molecular weight excluding hydrogens is 434 g/mol. The number of carbonyl (C=O) groups excluding carboxylic acids is 2. The van der Waals surface area contributed by atoms with Crippen LogP contribution in [0.1, 0.15) is 37.5 Å². The summed E-state index contributed by atoms with van der Waals surface area (Å²) in [4.78, 5) is 32.6. The van der Waals surface area contributed by atoms with Gasteiger partial charge in [-0.25, -0.2) is 14.8 Å². The van der Waals surface area contributed by atoms with Crippen molar-refractivity contribution in [2.75, 3.05) is 12.4 Å². The minimum absolute atomic E-state index is 0.0921. The number of ether oxygens (including phenoxy) is 1. The molecule has 0 unspecified atom stereocenters. The van der Waals surface area contributed by atoms with Gasteiger partial charge < -0.3 is 19.6 Å². The van der Waals surface area contributed by atoms with Crippen LogP contribution < -0.4 is 15.9 Å². The highest BCUT2D eigenvalue weighted by Gasteiger charge is 2.18. The fourth-order valence-electron chi connectivity index (χ4n) is 3.45. The highest BCUT2D eigenvalue weighted by molar-refractivity contribution is 6.05. The third kappa shape index (κ3) is 4.72. The first-order valence-corrected chi connectivity index (χ1v) is 10.6. The van der Waals surface area contributed by atoms with Gasteiger partial charge in [0, 0.05) is 18.0 Å². The SMILES string of the molecule is COC(=O)c1ccc(N=c2oc3c(C)[nH+]cc(CO)c3cc2C(=O)Nc2ccc(C)cc2)cc1. The van der Waals surface area contributed by atoms with Crippen LogP contribution in [0.25, 0.3) is 11.0 Å². The second-order valence-electron chi connectivity index (χ2n) is 7.78. The second-order valence-corrected chi connectivity index (χ2v) is 7.78. The number of carbonyl (C=O) groups is 2. The van der Waals surface area contributed by atoms with Gasteiger partial charge in [0.25, 0.3) is 5.91 Å². The molecule has 0 spiro atoms. The first-order chi connectivity index (χ1) is 16.4. The summed E-state index contributed by atoms with van der Waals surface area (Å²) in [7, 11) is 1.31. The quantitative estimate of drug-likeness (QED) is 0.443. The number of pyridine rings is 1. The lowest BCUT2D eigenvalue weighted by Gasteiger charge is -2.08. The number of fused-ring (bicyclic) bond motifs is 1. The van der Waals surface area contributed by atoms with E-state index in [-0.39, 0.29) is 17.7 Å². The summed E-state index contributed by atoms with van der Waals surface area (Å²) in [5, 5.41) is 13.3. The van der Waals surface area contributed by atoms with Gasteiger partial charge in [0.2, 0.25) is 16.8 Å². The van der Waals surface area contributed by atoms with Crippen molar-refractivity contribution >= 4 is 34.2 Å². The van der Waals surface area contributed by atoms with E-state index in [9.17, 15) is 14.7 Å². The van der Waals surface area contributed by atoms with Crippen molar-refractivity contribution in [3.63, 3.8) is 0 Å². The summed E-state index contributed by atoms with van der Waals surface area (Å²) in [5.41, 5.74) is 4.64. The first kappa shape index (κ1) is 22.9. The van der Waals surface area contributed by atoms with Crippen molar-refractivity contribution in [2.45, 2.75) is 20.5 Å². The lowest BCUT2D eigenvalue weighted by Crippen LogP contribution is -2.23. The lowest BCUT2D eigenvalue weighted by atomic mass is 10.1. The number of amides is 1. The Morgan fingerprint density at radius 1 is 1.09 bits per heavy atom. The van der Waals surface area contributed by atoms with Gasteiger partial charge in [-0.1, -0.05) is 17.7 Å². The van der Waals surface area contributed by atoms with E-state index in [0.717, 1.165) is 11.3 Å². The van der Waals surface area contributed by atoms with Gasteiger partial charge in [-0.15, -0.1) is 0 Å². The van der Waals surface area contributed by atoms with Crippen molar-refractivity contribution in [2.24, 2.45) is 4.99 Å². The number of H-pyrrole nitrogens is 1. The summed E-state index contributed by atoms with van der Waals surface area (Å²) >= 11 is 0. The zero-order chi connectivity index (χ0) is 24.2. The number of anilines is 1. The Bertz CT molecular complexity index is 1440. The average Bonchev–Trinajstić information content (AvgIpc) is 2.85. The third-order valence-corrected chi connectivity index (χ3v) is 5.36. The second kappa shape index (κ2) is 9.68. The molecule has 172 valence electrons. The molecule has 0 saturated carbocycles. The Labute approximate surface area is 195 Å². The van der Waals surface area contributed by atoms with E-state index in [4.69, 9.17) is 9.15 Å². The van der Waals surface area contributed by atoms with Crippen LogP contribution in [0.15, 0.2) is 70.2 Å². The summed E-state index contributed by atoms with van der Waals surface area (Å²) < 4.78 is 10.8. The molecule has 0 aliphatic carbocycles. The van der Waals surface area contributed by atoms with E-state index in [1.54, 1.807) is 36.5 Å². The van der Waals surface area contributed by atoms with Crippen molar-refractivity contribution in [1.82, 2.24) is 0 Å². The van der Waals surface area contributed by atoms with Crippen LogP contribution in [0.4, 0.5) is 11.4 Å². The lowest BCUT2D eigenvalue weighted by molar-refractivity contribution is -0.386. The van der Waals surface area contributed by atoms with Gasteiger partial charge in [-0.3, -0.25) is 4.79 Å². The van der Waals surface area contributed by atoms with Gasteiger partial charge in [0.05, 0.1) is 30.5 Å². The molecule has 2 aromatic heterocycles. The number of nitrogens with one attached hydrogen (secondary N) is 2. The number of methoxy groups -OCH3 is 1. The zero-order valence-electron chi connectivity index (χ0n) is 19.0. The normalized spacial score (nSPS) is 11.5. The Morgan fingerprint density at radius 3 is 2.44 bits per heavy atom. The van der Waals surface area contributed by atoms with Crippen LogP contribution >= 0.6 is 0 Å². The van der Waals surface area contributed by atoms with Crippen LogP contribution in [-0.2, 0) is 11.3 Å². The maximum atomic E-state index is 13.3. The number of aromatic amines is 1. The van der Waals surface area contributed by atoms with E-state index < -0.39 is 11.9 Å². The number of aromatic nitrogens is 1. The fourth-order valence-corrected chi connectivity index (χ4v) is 3.45. The largest absolute Gasteiger partial charge is 0.465 e. The van der Waals surface area contributed by atoms with Crippen LogP contribution in [-0.4, -0.2) is 24.1 Å². The molecule has 0 atom stereocenters. The highest BCUT2D eigenvalue weighted by atomic mass is 16.5. The monoisotopic (exact) mass is 458 g/mol.